The SMILES string of the molecule is Cc1c(CC(=O)N2CCCC(N)C2)nnn1-c1ccccc1.Cl. The molecule has 1 atom stereocenters. The minimum Gasteiger partial charge on any atom is -0.341 e. The highest BCUT2D eigenvalue weighted by Crippen LogP contribution is 2.14. The Labute approximate surface area is 142 Å². The van der Waals surface area contributed by atoms with Gasteiger partial charge in [-0.1, -0.05) is 23.4 Å². The Kier molecular flexibility index (Phi) is 5.74. The molecule has 2 N–H and O–H groups in total. The van der Waals surface area contributed by atoms with Crippen LogP contribution in [0.3, 0.4) is 0 Å². The van der Waals surface area contributed by atoms with Gasteiger partial charge in [0.2, 0.25) is 5.91 Å². The lowest BCUT2D eigenvalue weighted by Gasteiger charge is -2.30. The number of rotatable bonds is 3. The first-order valence-corrected chi connectivity index (χ1v) is 7.65. The van der Waals surface area contributed by atoms with Crippen LogP contribution in [0.15, 0.2) is 30.3 Å². The van der Waals surface area contributed by atoms with Gasteiger partial charge in [-0.3, -0.25) is 4.79 Å². The van der Waals surface area contributed by atoms with Crippen LogP contribution in [0.1, 0.15) is 24.2 Å². The zero-order valence-electron chi connectivity index (χ0n) is 13.2. The monoisotopic (exact) mass is 335 g/mol. The number of aromatic nitrogens is 3. The van der Waals surface area contributed by atoms with Crippen LogP contribution in [-0.4, -0.2) is 44.9 Å². The second kappa shape index (κ2) is 7.57. The van der Waals surface area contributed by atoms with Gasteiger partial charge in [-0.25, -0.2) is 4.68 Å². The minimum atomic E-state index is 0. The third-order valence-electron chi connectivity index (χ3n) is 4.12. The standard InChI is InChI=1S/C16H21N5O.ClH/c1-12-15(10-16(22)20-9-5-6-13(17)11-20)18-19-21(12)14-7-3-2-4-8-14;/h2-4,7-8,13H,5-6,9-11,17H2,1H3;1H. The minimum absolute atomic E-state index is 0. The molecule has 0 spiro atoms. The molecule has 124 valence electrons. The van der Waals surface area contributed by atoms with Crippen molar-refractivity contribution in [1.82, 2.24) is 19.9 Å². The van der Waals surface area contributed by atoms with E-state index in [0.29, 0.717) is 6.54 Å². The summed E-state index contributed by atoms with van der Waals surface area (Å²) in [7, 11) is 0. The van der Waals surface area contributed by atoms with Crippen molar-refractivity contribution in [1.29, 1.82) is 0 Å². The Morgan fingerprint density at radius 3 is 2.78 bits per heavy atom. The molecular formula is C16H22ClN5O. The molecule has 1 saturated heterocycles. The molecule has 0 saturated carbocycles. The van der Waals surface area contributed by atoms with E-state index in [-0.39, 0.29) is 30.8 Å². The van der Waals surface area contributed by atoms with E-state index < -0.39 is 0 Å². The molecule has 6 nitrogen and oxygen atoms in total. The Morgan fingerprint density at radius 2 is 2.09 bits per heavy atom. The van der Waals surface area contributed by atoms with Gasteiger partial charge in [0.05, 0.1) is 23.5 Å². The largest absolute Gasteiger partial charge is 0.341 e. The number of hydrogen-bond acceptors (Lipinski definition) is 4. The number of amides is 1. The predicted molar refractivity (Wildman–Crippen MR) is 90.8 cm³/mol. The first kappa shape index (κ1) is 17.4. The van der Waals surface area contributed by atoms with Crippen molar-refractivity contribution in [2.45, 2.75) is 32.2 Å². The fourth-order valence-electron chi connectivity index (χ4n) is 2.83. The summed E-state index contributed by atoms with van der Waals surface area (Å²) in [6.07, 6.45) is 2.25. The Balaban J connectivity index is 0.00000192. The first-order chi connectivity index (χ1) is 10.6. The van der Waals surface area contributed by atoms with Gasteiger partial charge in [-0.15, -0.1) is 17.5 Å². The number of benzene rings is 1. The molecule has 1 amide bonds. The summed E-state index contributed by atoms with van der Waals surface area (Å²) in [5.74, 6) is 0.0818. The van der Waals surface area contributed by atoms with Crippen molar-refractivity contribution in [2.24, 2.45) is 5.73 Å². The Bertz CT molecular complexity index is 658. The highest BCUT2D eigenvalue weighted by molar-refractivity contribution is 5.85. The molecule has 0 radical (unpaired) electrons. The smallest absolute Gasteiger partial charge is 0.228 e. The highest BCUT2D eigenvalue weighted by Gasteiger charge is 2.23. The van der Waals surface area contributed by atoms with E-state index in [2.05, 4.69) is 10.3 Å². The number of para-hydroxylation sites is 1. The van der Waals surface area contributed by atoms with E-state index >= 15 is 0 Å². The number of carbonyl (C=O) groups is 1. The van der Waals surface area contributed by atoms with Crippen LogP contribution in [0.5, 0.6) is 0 Å². The summed E-state index contributed by atoms with van der Waals surface area (Å²) in [6, 6.07) is 9.90. The summed E-state index contributed by atoms with van der Waals surface area (Å²) in [5, 5.41) is 8.35. The van der Waals surface area contributed by atoms with Crippen LogP contribution in [0.2, 0.25) is 0 Å². The molecule has 0 aliphatic carbocycles. The third kappa shape index (κ3) is 3.89. The van der Waals surface area contributed by atoms with Crippen LogP contribution in [0, 0.1) is 6.92 Å². The molecule has 1 aromatic carbocycles. The van der Waals surface area contributed by atoms with Gasteiger partial charge in [-0.2, -0.15) is 0 Å². The molecule has 1 unspecified atom stereocenters. The molecule has 0 bridgehead atoms. The van der Waals surface area contributed by atoms with Crippen LogP contribution in [0.25, 0.3) is 5.69 Å². The first-order valence-electron chi connectivity index (χ1n) is 7.65. The molecule has 1 aliphatic heterocycles. The topological polar surface area (TPSA) is 77.0 Å². The van der Waals surface area contributed by atoms with Crippen LogP contribution in [0.4, 0.5) is 0 Å². The van der Waals surface area contributed by atoms with Gasteiger partial charge in [0.15, 0.2) is 0 Å². The molecule has 3 rings (SSSR count). The van der Waals surface area contributed by atoms with E-state index in [9.17, 15) is 4.79 Å². The number of halogens is 1. The van der Waals surface area contributed by atoms with Gasteiger partial charge in [0.1, 0.15) is 0 Å². The van der Waals surface area contributed by atoms with Crippen molar-refractivity contribution in [2.75, 3.05) is 13.1 Å². The maximum Gasteiger partial charge on any atom is 0.228 e. The maximum absolute atomic E-state index is 12.4. The number of nitrogens with two attached hydrogens (primary N) is 1. The van der Waals surface area contributed by atoms with Crippen LogP contribution in [-0.2, 0) is 11.2 Å². The van der Waals surface area contributed by atoms with Crippen LogP contribution >= 0.6 is 12.4 Å². The lowest BCUT2D eigenvalue weighted by atomic mass is 10.1. The zero-order valence-corrected chi connectivity index (χ0v) is 14.0. The van der Waals surface area contributed by atoms with Crippen molar-refractivity contribution < 1.29 is 4.79 Å². The van der Waals surface area contributed by atoms with E-state index in [1.165, 1.54) is 0 Å². The number of hydrogen-bond donors (Lipinski definition) is 1. The van der Waals surface area contributed by atoms with Crippen molar-refractivity contribution in [3.05, 3.63) is 41.7 Å². The Morgan fingerprint density at radius 1 is 1.35 bits per heavy atom. The normalized spacial score (nSPS) is 17.7. The second-order valence-corrected chi connectivity index (χ2v) is 5.79. The fraction of sp³-hybridized carbons (Fsp3) is 0.438. The average Bonchev–Trinajstić information content (AvgIpc) is 2.89. The van der Waals surface area contributed by atoms with E-state index in [1.807, 2.05) is 42.2 Å². The number of nitrogens with zero attached hydrogens (tertiary/aromatic N) is 4. The molecule has 7 heteroatoms. The molecule has 1 aromatic heterocycles. The number of carbonyl (C=O) groups excluding carboxylic acids is 1. The van der Waals surface area contributed by atoms with Gasteiger partial charge >= 0.3 is 0 Å². The van der Waals surface area contributed by atoms with Crippen LogP contribution < -0.4 is 5.73 Å². The summed E-state index contributed by atoms with van der Waals surface area (Å²) >= 11 is 0. The molecule has 1 fully saturated rings. The summed E-state index contributed by atoms with van der Waals surface area (Å²) in [4.78, 5) is 14.2. The molecule has 1 aliphatic rings. The molecular weight excluding hydrogens is 314 g/mol. The molecule has 2 aromatic rings. The number of likely N-dealkylation sites (tertiary alicyclic amines) is 1. The lowest BCUT2D eigenvalue weighted by Crippen LogP contribution is -2.46. The van der Waals surface area contributed by atoms with Crippen molar-refractivity contribution >= 4 is 18.3 Å². The van der Waals surface area contributed by atoms with Gasteiger partial charge < -0.3 is 10.6 Å². The fourth-order valence-corrected chi connectivity index (χ4v) is 2.83. The van der Waals surface area contributed by atoms with E-state index in [1.54, 1.807) is 4.68 Å². The van der Waals surface area contributed by atoms with Crippen molar-refractivity contribution in [3.63, 3.8) is 0 Å². The third-order valence-corrected chi connectivity index (χ3v) is 4.12. The maximum atomic E-state index is 12.4. The van der Waals surface area contributed by atoms with Gasteiger partial charge in [0.25, 0.3) is 0 Å². The zero-order chi connectivity index (χ0) is 15.5. The highest BCUT2D eigenvalue weighted by atomic mass is 35.5. The summed E-state index contributed by atoms with van der Waals surface area (Å²) < 4.78 is 1.77. The molecule has 2 heterocycles. The second-order valence-electron chi connectivity index (χ2n) is 5.79. The van der Waals surface area contributed by atoms with Gasteiger partial charge in [-0.05, 0) is 31.9 Å². The molecule has 23 heavy (non-hydrogen) atoms. The van der Waals surface area contributed by atoms with E-state index in [4.69, 9.17) is 5.73 Å². The summed E-state index contributed by atoms with van der Waals surface area (Å²) in [6.45, 7) is 3.38. The predicted octanol–water partition coefficient (Wildman–Crippen LogP) is 1.49. The Hall–Kier alpha value is -1.92. The van der Waals surface area contributed by atoms with E-state index in [0.717, 1.165) is 36.5 Å². The van der Waals surface area contributed by atoms with Gasteiger partial charge in [0, 0.05) is 19.1 Å². The summed E-state index contributed by atoms with van der Waals surface area (Å²) in [5.41, 5.74) is 8.52. The van der Waals surface area contributed by atoms with Crippen molar-refractivity contribution in [3.8, 4) is 5.69 Å². The number of piperidine rings is 1. The lowest BCUT2D eigenvalue weighted by molar-refractivity contribution is -0.131. The quantitative estimate of drug-likeness (QED) is 0.922. The average molecular weight is 336 g/mol.